The molecule has 122 valence electrons. The molecule has 0 fully saturated rings. The number of Topliss-reactive ketones (excluding diaryl/α,β-unsaturated/α-hetero) is 1. The van der Waals surface area contributed by atoms with Crippen LogP contribution in [-0.4, -0.2) is 27.6 Å². The molecule has 0 saturated heterocycles. The quantitative estimate of drug-likeness (QED) is 0.668. The molecule has 0 amide bonds. The number of pyridine rings is 1. The summed E-state index contributed by atoms with van der Waals surface area (Å²) in [6, 6.07) is 10.4. The summed E-state index contributed by atoms with van der Waals surface area (Å²) in [4.78, 5) is 27.8. The third-order valence-corrected chi connectivity index (χ3v) is 3.60. The van der Waals surface area contributed by atoms with Gasteiger partial charge in [0.15, 0.2) is 5.78 Å². The summed E-state index contributed by atoms with van der Waals surface area (Å²) in [6.45, 7) is 1.63. The molecule has 0 aliphatic rings. The summed E-state index contributed by atoms with van der Waals surface area (Å²) in [7, 11) is 1.53. The molecule has 0 N–H and O–H groups in total. The average Bonchev–Trinajstić information content (AvgIpc) is 2.96. The highest BCUT2D eigenvalue weighted by Crippen LogP contribution is 2.23. The van der Waals surface area contributed by atoms with Crippen molar-refractivity contribution in [1.82, 2.24) is 14.7 Å². The second-order valence-corrected chi connectivity index (χ2v) is 5.16. The maximum absolute atomic E-state index is 12.0. The van der Waals surface area contributed by atoms with Crippen molar-refractivity contribution < 1.29 is 14.1 Å². The predicted molar refractivity (Wildman–Crippen MR) is 86.1 cm³/mol. The minimum absolute atomic E-state index is 0.0680. The highest BCUT2D eigenvalue weighted by Gasteiger charge is 2.16. The summed E-state index contributed by atoms with van der Waals surface area (Å²) >= 11 is 0. The molecule has 0 aliphatic carbocycles. The molecule has 1 aromatic carbocycles. The van der Waals surface area contributed by atoms with E-state index in [-0.39, 0.29) is 12.3 Å². The molecular formula is C17H15N3O4. The lowest BCUT2D eigenvalue weighted by atomic mass is 10.1. The molecule has 2 heterocycles. The van der Waals surface area contributed by atoms with Crippen LogP contribution in [0, 0.1) is 0 Å². The van der Waals surface area contributed by atoms with Crippen LogP contribution >= 0.6 is 0 Å². The molecule has 0 spiro atoms. The highest BCUT2D eigenvalue weighted by atomic mass is 16.5. The fourth-order valence-electron chi connectivity index (χ4n) is 2.38. The molecule has 3 aromatic rings. The summed E-state index contributed by atoms with van der Waals surface area (Å²) < 4.78 is 11.5. The fourth-order valence-corrected chi connectivity index (χ4v) is 2.38. The van der Waals surface area contributed by atoms with Crippen molar-refractivity contribution in [2.24, 2.45) is 0 Å². The van der Waals surface area contributed by atoms with E-state index in [1.807, 2.05) is 0 Å². The van der Waals surface area contributed by atoms with E-state index in [9.17, 15) is 9.59 Å². The first-order chi connectivity index (χ1) is 11.6. The molecule has 0 atom stereocenters. The Balaban J connectivity index is 2.07. The Labute approximate surface area is 137 Å². The molecule has 0 unspecified atom stereocenters. The van der Waals surface area contributed by atoms with Crippen LogP contribution in [0.25, 0.3) is 11.5 Å². The number of hydrogen-bond donors (Lipinski definition) is 0. The molecule has 24 heavy (non-hydrogen) atoms. The minimum Gasteiger partial charge on any atom is -0.496 e. The number of ketones is 1. The van der Waals surface area contributed by atoms with Crippen LogP contribution in [0.5, 0.6) is 5.75 Å². The van der Waals surface area contributed by atoms with E-state index in [1.54, 1.807) is 42.6 Å². The Kier molecular flexibility index (Phi) is 4.24. The third kappa shape index (κ3) is 2.96. The maximum atomic E-state index is 12.0. The first-order valence-corrected chi connectivity index (χ1v) is 7.26. The van der Waals surface area contributed by atoms with Crippen LogP contribution in [0.4, 0.5) is 0 Å². The lowest BCUT2D eigenvalue weighted by Crippen LogP contribution is -2.17. The van der Waals surface area contributed by atoms with Crippen molar-refractivity contribution in [3.05, 3.63) is 64.3 Å². The lowest BCUT2D eigenvalue weighted by molar-refractivity contribution is 0.101. The molecule has 0 aliphatic heterocycles. The zero-order valence-corrected chi connectivity index (χ0v) is 13.2. The topological polar surface area (TPSA) is 87.2 Å². The Hall–Kier alpha value is -3.22. The van der Waals surface area contributed by atoms with Crippen LogP contribution in [-0.2, 0) is 6.54 Å². The lowest BCUT2D eigenvalue weighted by Gasteiger charge is -2.10. The number of ether oxygens (including phenoxy) is 1. The van der Waals surface area contributed by atoms with Crippen molar-refractivity contribution in [3.8, 4) is 17.3 Å². The molecule has 2 aromatic heterocycles. The Morgan fingerprint density at radius 2 is 2.12 bits per heavy atom. The van der Waals surface area contributed by atoms with Gasteiger partial charge in [0.2, 0.25) is 5.82 Å². The molecule has 7 nitrogen and oxygen atoms in total. The monoisotopic (exact) mass is 325 g/mol. The van der Waals surface area contributed by atoms with Crippen molar-refractivity contribution >= 4 is 5.78 Å². The van der Waals surface area contributed by atoms with Gasteiger partial charge < -0.3 is 4.74 Å². The van der Waals surface area contributed by atoms with Gasteiger partial charge in [-0.1, -0.05) is 11.2 Å². The number of hydrogen-bond acceptors (Lipinski definition) is 6. The van der Waals surface area contributed by atoms with Gasteiger partial charge in [0, 0.05) is 17.3 Å². The van der Waals surface area contributed by atoms with E-state index in [4.69, 9.17) is 9.26 Å². The summed E-state index contributed by atoms with van der Waals surface area (Å²) in [5.74, 6) is 0.211. The second kappa shape index (κ2) is 6.49. The fraction of sp³-hybridized carbons (Fsp3) is 0.176. The number of carbonyl (C=O) groups is 1. The van der Waals surface area contributed by atoms with Gasteiger partial charge in [0.25, 0.3) is 0 Å². The molecule has 7 heteroatoms. The SMILES string of the molecule is COc1ccc(C(C)=O)cc1Cn1c(-c2ccccn2)noc1=O. The van der Waals surface area contributed by atoms with Crippen molar-refractivity contribution in [1.29, 1.82) is 0 Å². The zero-order valence-electron chi connectivity index (χ0n) is 13.2. The smallest absolute Gasteiger partial charge is 0.442 e. The number of nitrogens with zero attached hydrogens (tertiary/aromatic N) is 3. The Morgan fingerprint density at radius 3 is 2.79 bits per heavy atom. The number of benzene rings is 1. The van der Waals surface area contributed by atoms with Gasteiger partial charge >= 0.3 is 5.76 Å². The van der Waals surface area contributed by atoms with E-state index >= 15 is 0 Å². The Bertz CT molecular complexity index is 929. The van der Waals surface area contributed by atoms with E-state index in [2.05, 4.69) is 10.1 Å². The van der Waals surface area contributed by atoms with Crippen LogP contribution in [0.15, 0.2) is 51.9 Å². The Morgan fingerprint density at radius 1 is 1.29 bits per heavy atom. The van der Waals surface area contributed by atoms with Crippen LogP contribution in [0.1, 0.15) is 22.8 Å². The predicted octanol–water partition coefficient (Wildman–Crippen LogP) is 2.16. The van der Waals surface area contributed by atoms with E-state index < -0.39 is 5.76 Å². The third-order valence-electron chi connectivity index (χ3n) is 3.60. The van der Waals surface area contributed by atoms with Crippen molar-refractivity contribution in [2.45, 2.75) is 13.5 Å². The van der Waals surface area contributed by atoms with Gasteiger partial charge in [-0.15, -0.1) is 0 Å². The van der Waals surface area contributed by atoms with Crippen molar-refractivity contribution in [3.63, 3.8) is 0 Å². The van der Waals surface area contributed by atoms with Crippen LogP contribution < -0.4 is 10.5 Å². The first-order valence-electron chi connectivity index (χ1n) is 7.26. The maximum Gasteiger partial charge on any atom is 0.442 e. The summed E-state index contributed by atoms with van der Waals surface area (Å²) in [5.41, 5.74) is 1.73. The van der Waals surface area contributed by atoms with Crippen LogP contribution in [0.2, 0.25) is 0 Å². The number of rotatable bonds is 5. The van der Waals surface area contributed by atoms with Gasteiger partial charge in [-0.2, -0.15) is 0 Å². The van der Waals surface area contributed by atoms with E-state index in [0.29, 0.717) is 28.4 Å². The zero-order chi connectivity index (χ0) is 17.1. The van der Waals surface area contributed by atoms with E-state index in [0.717, 1.165) is 0 Å². The largest absolute Gasteiger partial charge is 0.496 e. The van der Waals surface area contributed by atoms with E-state index in [1.165, 1.54) is 18.6 Å². The normalized spacial score (nSPS) is 10.6. The van der Waals surface area contributed by atoms with Crippen LogP contribution in [0.3, 0.4) is 0 Å². The van der Waals surface area contributed by atoms with Gasteiger partial charge in [-0.05, 0) is 37.3 Å². The number of carbonyl (C=O) groups excluding carboxylic acids is 1. The number of methoxy groups -OCH3 is 1. The first kappa shape index (κ1) is 15.7. The van der Waals surface area contributed by atoms with Crippen molar-refractivity contribution in [2.75, 3.05) is 7.11 Å². The molecule has 3 rings (SSSR count). The second-order valence-electron chi connectivity index (χ2n) is 5.16. The molecule has 0 saturated carbocycles. The molecule has 0 radical (unpaired) electrons. The molecule has 0 bridgehead atoms. The summed E-state index contributed by atoms with van der Waals surface area (Å²) in [6.07, 6.45) is 1.61. The van der Waals surface area contributed by atoms with Gasteiger partial charge in [-0.3, -0.25) is 18.9 Å². The molecular weight excluding hydrogens is 310 g/mol. The highest BCUT2D eigenvalue weighted by molar-refractivity contribution is 5.94. The van der Waals surface area contributed by atoms with Gasteiger partial charge in [0.05, 0.1) is 13.7 Å². The number of aromatic nitrogens is 3. The summed E-state index contributed by atoms with van der Waals surface area (Å²) in [5, 5.41) is 3.80. The standard InChI is InChI=1S/C17H15N3O4/c1-11(21)12-6-7-15(23-2)13(9-12)10-20-16(19-24-17(20)22)14-5-3-4-8-18-14/h3-9H,10H2,1-2H3. The average molecular weight is 325 g/mol. The minimum atomic E-state index is -0.606. The van der Waals surface area contributed by atoms with Gasteiger partial charge in [0.1, 0.15) is 11.4 Å². The van der Waals surface area contributed by atoms with Gasteiger partial charge in [-0.25, -0.2) is 4.79 Å².